The van der Waals surface area contributed by atoms with Crippen molar-refractivity contribution in [1.82, 2.24) is 5.43 Å². The van der Waals surface area contributed by atoms with Crippen LogP contribution in [0.15, 0.2) is 59.7 Å². The maximum atomic E-state index is 12.3. The molecular weight excluding hydrogens is 374 g/mol. The molecule has 1 N–H and O–H groups in total. The smallest absolute Gasteiger partial charge is 0.260 e. The highest BCUT2D eigenvalue weighted by molar-refractivity contribution is 7.92. The molecule has 2 aromatic carbocycles. The molecule has 0 saturated carbocycles. The second-order valence-electron chi connectivity index (χ2n) is 7.66. The number of hydrazone groups is 1. The van der Waals surface area contributed by atoms with Crippen LogP contribution < -0.4 is 9.73 Å². The summed E-state index contributed by atoms with van der Waals surface area (Å²) in [6.07, 6.45) is 1.07. The van der Waals surface area contributed by atoms with Crippen molar-refractivity contribution >= 4 is 27.3 Å². The van der Waals surface area contributed by atoms with E-state index in [0.29, 0.717) is 11.4 Å². The molecule has 0 bridgehead atoms. The van der Waals surface area contributed by atoms with E-state index in [9.17, 15) is 13.2 Å². The zero-order valence-electron chi connectivity index (χ0n) is 16.9. The lowest BCUT2D eigenvalue weighted by Gasteiger charge is -2.21. The number of carbonyl (C=O) groups is 1. The minimum atomic E-state index is -3.60. The summed E-state index contributed by atoms with van der Waals surface area (Å²) < 4.78 is 25.1. The Morgan fingerprint density at radius 1 is 1.04 bits per heavy atom. The van der Waals surface area contributed by atoms with E-state index in [1.807, 2.05) is 24.3 Å². The molecule has 6 nitrogen and oxygen atoms in total. The highest BCUT2D eigenvalue weighted by Gasteiger charge is 2.20. The molecule has 0 aliphatic heterocycles. The number of carbonyl (C=O) groups excluding carboxylic acids is 1. The summed E-state index contributed by atoms with van der Waals surface area (Å²) in [7, 11) is -3.60. The van der Waals surface area contributed by atoms with Gasteiger partial charge in [0.2, 0.25) is 10.0 Å². The van der Waals surface area contributed by atoms with Crippen molar-refractivity contribution in [2.75, 3.05) is 17.1 Å². The van der Waals surface area contributed by atoms with Crippen LogP contribution in [0.4, 0.5) is 5.69 Å². The highest BCUT2D eigenvalue weighted by atomic mass is 32.2. The van der Waals surface area contributed by atoms with Gasteiger partial charge in [0.05, 0.1) is 17.7 Å². The fraction of sp³-hybridized carbons (Fsp3) is 0.333. The molecule has 0 saturated heterocycles. The monoisotopic (exact) mass is 401 g/mol. The number of anilines is 1. The van der Waals surface area contributed by atoms with E-state index in [4.69, 9.17) is 0 Å². The van der Waals surface area contributed by atoms with Crippen molar-refractivity contribution in [2.45, 2.75) is 33.1 Å². The quantitative estimate of drug-likeness (QED) is 0.596. The second-order valence-corrected chi connectivity index (χ2v) is 9.57. The van der Waals surface area contributed by atoms with Gasteiger partial charge >= 0.3 is 0 Å². The first-order chi connectivity index (χ1) is 13.0. The average Bonchev–Trinajstić information content (AvgIpc) is 2.63. The van der Waals surface area contributed by atoms with Crippen molar-refractivity contribution in [3.8, 4) is 0 Å². The molecule has 7 heteroatoms. The second kappa shape index (κ2) is 8.56. The molecule has 0 fully saturated rings. The van der Waals surface area contributed by atoms with Crippen LogP contribution in [0.1, 0.15) is 38.8 Å². The number of benzene rings is 2. The lowest BCUT2D eigenvalue weighted by atomic mass is 9.86. The first-order valence-corrected chi connectivity index (χ1v) is 10.8. The van der Waals surface area contributed by atoms with Gasteiger partial charge in [-0.25, -0.2) is 13.8 Å². The van der Waals surface area contributed by atoms with Gasteiger partial charge in [0.1, 0.15) is 6.54 Å². The van der Waals surface area contributed by atoms with E-state index in [0.717, 1.165) is 16.1 Å². The Hall–Kier alpha value is -2.67. The Kier molecular flexibility index (Phi) is 6.61. The van der Waals surface area contributed by atoms with Crippen LogP contribution in [-0.4, -0.2) is 32.8 Å². The molecule has 0 unspecified atom stereocenters. The van der Waals surface area contributed by atoms with E-state index in [-0.39, 0.29) is 12.0 Å². The van der Waals surface area contributed by atoms with E-state index in [1.165, 1.54) is 5.56 Å². The van der Waals surface area contributed by atoms with Crippen LogP contribution in [0.5, 0.6) is 0 Å². The third kappa shape index (κ3) is 5.92. The molecule has 2 rings (SSSR count). The SMILES string of the molecule is CC(=NNC(=O)CN(c1ccccc1)S(C)(=O)=O)c1ccc(C(C)(C)C)cc1. The van der Waals surface area contributed by atoms with Crippen LogP contribution >= 0.6 is 0 Å². The first-order valence-electron chi connectivity index (χ1n) is 8.95. The highest BCUT2D eigenvalue weighted by Crippen LogP contribution is 2.22. The van der Waals surface area contributed by atoms with Crippen molar-refractivity contribution in [3.05, 3.63) is 65.7 Å². The number of hydrogen-bond donors (Lipinski definition) is 1. The predicted octanol–water partition coefficient (Wildman–Crippen LogP) is 3.29. The van der Waals surface area contributed by atoms with Crippen molar-refractivity contribution < 1.29 is 13.2 Å². The summed E-state index contributed by atoms with van der Waals surface area (Å²) in [5.41, 5.74) is 5.66. The van der Waals surface area contributed by atoms with Crippen LogP contribution in [-0.2, 0) is 20.2 Å². The fourth-order valence-corrected chi connectivity index (χ4v) is 3.44. The Morgan fingerprint density at radius 2 is 1.61 bits per heavy atom. The number of amides is 1. The number of hydrogen-bond acceptors (Lipinski definition) is 4. The molecule has 0 aliphatic rings. The van der Waals surface area contributed by atoms with Crippen LogP contribution in [0.2, 0.25) is 0 Å². The molecule has 0 aromatic heterocycles. The van der Waals surface area contributed by atoms with Gasteiger partial charge in [0.25, 0.3) is 5.91 Å². The van der Waals surface area contributed by atoms with E-state index < -0.39 is 15.9 Å². The molecule has 0 heterocycles. The normalized spacial score (nSPS) is 12.5. The Bertz CT molecular complexity index is 945. The minimum Gasteiger partial charge on any atom is -0.271 e. The third-order valence-corrected chi connectivity index (χ3v) is 5.39. The lowest BCUT2D eigenvalue weighted by Crippen LogP contribution is -2.39. The molecule has 0 spiro atoms. The van der Waals surface area contributed by atoms with Gasteiger partial charge in [-0.05, 0) is 35.6 Å². The molecule has 28 heavy (non-hydrogen) atoms. The minimum absolute atomic E-state index is 0.0599. The predicted molar refractivity (Wildman–Crippen MR) is 114 cm³/mol. The van der Waals surface area contributed by atoms with Gasteiger partial charge in [0.15, 0.2) is 0 Å². The zero-order valence-corrected chi connectivity index (χ0v) is 17.7. The Balaban J connectivity index is 2.09. The van der Waals surface area contributed by atoms with Crippen molar-refractivity contribution in [2.24, 2.45) is 5.10 Å². The number of nitrogens with zero attached hydrogens (tertiary/aromatic N) is 2. The summed E-state index contributed by atoms with van der Waals surface area (Å²) in [4.78, 5) is 12.3. The number of rotatable bonds is 6. The van der Waals surface area contributed by atoms with Crippen molar-refractivity contribution in [1.29, 1.82) is 0 Å². The number of sulfonamides is 1. The van der Waals surface area contributed by atoms with Crippen LogP contribution in [0, 0.1) is 0 Å². The van der Waals surface area contributed by atoms with Gasteiger partial charge in [-0.15, -0.1) is 0 Å². The zero-order chi connectivity index (χ0) is 20.9. The molecule has 0 radical (unpaired) electrons. The van der Waals surface area contributed by atoms with E-state index in [2.05, 4.69) is 31.3 Å². The molecule has 2 aromatic rings. The lowest BCUT2D eigenvalue weighted by molar-refractivity contribution is -0.119. The summed E-state index contributed by atoms with van der Waals surface area (Å²) >= 11 is 0. The maximum absolute atomic E-state index is 12.3. The molecule has 0 atom stereocenters. The Labute approximate surface area is 167 Å². The van der Waals surface area contributed by atoms with Crippen molar-refractivity contribution in [3.63, 3.8) is 0 Å². The number of nitrogens with one attached hydrogen (secondary N) is 1. The summed E-state index contributed by atoms with van der Waals surface area (Å²) in [5.74, 6) is -0.514. The number of para-hydroxylation sites is 1. The van der Waals surface area contributed by atoms with E-state index >= 15 is 0 Å². The first kappa shape index (κ1) is 21.6. The molecule has 0 aliphatic carbocycles. The van der Waals surface area contributed by atoms with Gasteiger partial charge in [-0.1, -0.05) is 63.2 Å². The van der Waals surface area contributed by atoms with E-state index in [1.54, 1.807) is 37.3 Å². The van der Waals surface area contributed by atoms with Crippen LogP contribution in [0.25, 0.3) is 0 Å². The molecular formula is C21H27N3O3S. The summed E-state index contributed by atoms with van der Waals surface area (Å²) in [6, 6.07) is 16.5. The molecule has 150 valence electrons. The topological polar surface area (TPSA) is 78.8 Å². The van der Waals surface area contributed by atoms with Gasteiger partial charge in [-0.3, -0.25) is 9.10 Å². The van der Waals surface area contributed by atoms with Gasteiger partial charge < -0.3 is 0 Å². The summed E-state index contributed by atoms with van der Waals surface area (Å²) in [6.45, 7) is 7.87. The third-order valence-electron chi connectivity index (χ3n) is 4.25. The standard InChI is InChI=1S/C21H27N3O3S/c1-16(17-11-13-18(14-12-17)21(2,3)4)22-23-20(25)15-24(28(5,26)27)19-9-7-6-8-10-19/h6-14H,15H2,1-5H3,(H,23,25). The van der Waals surface area contributed by atoms with Gasteiger partial charge in [0, 0.05) is 0 Å². The maximum Gasteiger partial charge on any atom is 0.260 e. The van der Waals surface area contributed by atoms with Crippen LogP contribution in [0.3, 0.4) is 0 Å². The average molecular weight is 402 g/mol. The largest absolute Gasteiger partial charge is 0.271 e. The fourth-order valence-electron chi connectivity index (χ4n) is 2.58. The summed E-state index contributed by atoms with van der Waals surface area (Å²) in [5, 5.41) is 4.11. The Morgan fingerprint density at radius 3 is 2.11 bits per heavy atom. The molecule has 1 amide bonds. The van der Waals surface area contributed by atoms with Gasteiger partial charge in [-0.2, -0.15) is 5.10 Å².